The van der Waals surface area contributed by atoms with Gasteiger partial charge in [-0.2, -0.15) is 0 Å². The predicted molar refractivity (Wildman–Crippen MR) is 58.3 cm³/mol. The summed E-state index contributed by atoms with van der Waals surface area (Å²) in [6.07, 6.45) is 5.48. The Balaban J connectivity index is 2.18. The highest BCUT2D eigenvalue weighted by Crippen LogP contribution is 2.25. The summed E-state index contributed by atoms with van der Waals surface area (Å²) in [4.78, 5) is 4.05. The maximum absolute atomic E-state index is 5.76. The molecule has 1 aromatic rings. The zero-order valence-electron chi connectivity index (χ0n) is 7.96. The van der Waals surface area contributed by atoms with Crippen molar-refractivity contribution in [3.63, 3.8) is 0 Å². The van der Waals surface area contributed by atoms with Gasteiger partial charge in [-0.05, 0) is 31.0 Å². The number of anilines is 1. The molecule has 1 fully saturated rings. The third-order valence-corrected chi connectivity index (χ3v) is 2.92. The molecule has 4 heteroatoms. The molecular weight excluding hydrogens is 198 g/mol. The van der Waals surface area contributed by atoms with Crippen LogP contribution in [0.2, 0.25) is 5.15 Å². The zero-order valence-corrected chi connectivity index (χ0v) is 8.72. The first-order chi connectivity index (χ1) is 6.77. The van der Waals surface area contributed by atoms with Gasteiger partial charge in [0.2, 0.25) is 0 Å². The molecule has 1 unspecified atom stereocenters. The number of pyridine rings is 1. The fourth-order valence-corrected chi connectivity index (χ4v) is 1.91. The lowest BCUT2D eigenvalue weighted by molar-refractivity contribution is 0.412. The Hall–Kier alpha value is -0.800. The molecule has 0 radical (unpaired) electrons. The van der Waals surface area contributed by atoms with Crippen LogP contribution in [0.3, 0.4) is 0 Å². The largest absolute Gasteiger partial charge is 0.396 e. The Morgan fingerprint density at radius 2 is 2.36 bits per heavy atom. The average molecular weight is 212 g/mol. The molecular formula is C10H14ClN3. The fourth-order valence-electron chi connectivity index (χ4n) is 1.81. The van der Waals surface area contributed by atoms with Gasteiger partial charge >= 0.3 is 0 Å². The predicted octanol–water partition coefficient (Wildman–Crippen LogP) is 2.13. The maximum Gasteiger partial charge on any atom is 0.151 e. The smallest absolute Gasteiger partial charge is 0.151 e. The van der Waals surface area contributed by atoms with Crippen molar-refractivity contribution in [1.29, 1.82) is 0 Å². The lowest BCUT2D eigenvalue weighted by Gasteiger charge is -2.23. The van der Waals surface area contributed by atoms with Gasteiger partial charge in [-0.3, -0.25) is 0 Å². The molecule has 1 aromatic heterocycles. The summed E-state index contributed by atoms with van der Waals surface area (Å²) >= 11 is 5.76. The summed E-state index contributed by atoms with van der Waals surface area (Å²) in [7, 11) is 0. The number of halogens is 1. The number of hydrogen-bond donors (Lipinski definition) is 2. The van der Waals surface area contributed by atoms with Crippen LogP contribution in [-0.4, -0.2) is 11.5 Å². The summed E-state index contributed by atoms with van der Waals surface area (Å²) in [6.45, 7) is 1.08. The van der Waals surface area contributed by atoms with Crippen molar-refractivity contribution < 1.29 is 0 Å². The van der Waals surface area contributed by atoms with E-state index in [1.165, 1.54) is 12.8 Å². The minimum Gasteiger partial charge on any atom is -0.396 e. The topological polar surface area (TPSA) is 50.9 Å². The molecule has 76 valence electrons. The quantitative estimate of drug-likeness (QED) is 0.700. The SMILES string of the molecule is Nc1cc(C2CCCCN2)cnc1Cl. The van der Waals surface area contributed by atoms with Crippen LogP contribution in [-0.2, 0) is 0 Å². The van der Waals surface area contributed by atoms with Gasteiger partial charge < -0.3 is 11.1 Å². The lowest BCUT2D eigenvalue weighted by Crippen LogP contribution is -2.26. The van der Waals surface area contributed by atoms with E-state index in [0.29, 0.717) is 16.9 Å². The Morgan fingerprint density at radius 3 is 3.00 bits per heavy atom. The Labute approximate surface area is 88.7 Å². The van der Waals surface area contributed by atoms with E-state index in [4.69, 9.17) is 17.3 Å². The molecule has 0 saturated carbocycles. The monoisotopic (exact) mass is 211 g/mol. The number of rotatable bonds is 1. The number of hydrogen-bond acceptors (Lipinski definition) is 3. The molecule has 2 rings (SSSR count). The van der Waals surface area contributed by atoms with Gasteiger partial charge in [-0.1, -0.05) is 18.0 Å². The minimum atomic E-state index is 0.393. The number of nitrogens with two attached hydrogens (primary N) is 1. The normalized spacial score (nSPS) is 22.2. The van der Waals surface area contributed by atoms with Crippen LogP contribution in [0.5, 0.6) is 0 Å². The third-order valence-electron chi connectivity index (χ3n) is 2.60. The van der Waals surface area contributed by atoms with E-state index in [9.17, 15) is 0 Å². The van der Waals surface area contributed by atoms with Gasteiger partial charge in [0.1, 0.15) is 0 Å². The van der Waals surface area contributed by atoms with E-state index in [1.807, 2.05) is 12.3 Å². The summed E-state index contributed by atoms with van der Waals surface area (Å²) in [5.74, 6) is 0. The number of nitrogens with one attached hydrogen (secondary N) is 1. The highest BCUT2D eigenvalue weighted by Gasteiger charge is 2.15. The Morgan fingerprint density at radius 1 is 1.50 bits per heavy atom. The first kappa shape index (κ1) is 9.74. The molecule has 0 aliphatic carbocycles. The third kappa shape index (κ3) is 1.99. The molecule has 14 heavy (non-hydrogen) atoms. The van der Waals surface area contributed by atoms with Gasteiger partial charge in [0.15, 0.2) is 5.15 Å². The van der Waals surface area contributed by atoms with E-state index in [1.54, 1.807) is 0 Å². The van der Waals surface area contributed by atoms with Crippen molar-refractivity contribution >= 4 is 17.3 Å². The number of piperidine rings is 1. The molecule has 0 spiro atoms. The molecule has 1 aliphatic rings. The highest BCUT2D eigenvalue weighted by molar-refractivity contribution is 6.31. The molecule has 3 nitrogen and oxygen atoms in total. The summed E-state index contributed by atoms with van der Waals surface area (Å²) < 4.78 is 0. The average Bonchev–Trinajstić information content (AvgIpc) is 2.23. The van der Waals surface area contributed by atoms with Crippen LogP contribution < -0.4 is 11.1 Å². The highest BCUT2D eigenvalue weighted by atomic mass is 35.5. The first-order valence-electron chi connectivity index (χ1n) is 4.91. The second kappa shape index (κ2) is 4.15. The summed E-state index contributed by atoms with van der Waals surface area (Å²) in [5, 5.41) is 3.84. The summed E-state index contributed by atoms with van der Waals surface area (Å²) in [6, 6.07) is 2.31. The summed E-state index contributed by atoms with van der Waals surface area (Å²) in [5.41, 5.74) is 7.42. The van der Waals surface area contributed by atoms with Crippen molar-refractivity contribution in [2.45, 2.75) is 25.3 Å². The molecule has 3 N–H and O–H groups in total. The van der Waals surface area contributed by atoms with Crippen LogP contribution in [0.25, 0.3) is 0 Å². The van der Waals surface area contributed by atoms with Crippen molar-refractivity contribution in [3.8, 4) is 0 Å². The van der Waals surface area contributed by atoms with E-state index in [-0.39, 0.29) is 0 Å². The molecule has 0 amide bonds. The second-order valence-electron chi connectivity index (χ2n) is 3.65. The number of nitrogen functional groups attached to an aromatic ring is 1. The van der Waals surface area contributed by atoms with Crippen molar-refractivity contribution in [1.82, 2.24) is 10.3 Å². The number of aromatic nitrogens is 1. The van der Waals surface area contributed by atoms with Crippen LogP contribution in [0.4, 0.5) is 5.69 Å². The lowest BCUT2D eigenvalue weighted by atomic mass is 9.99. The van der Waals surface area contributed by atoms with Gasteiger partial charge in [0.25, 0.3) is 0 Å². The van der Waals surface area contributed by atoms with Crippen molar-refractivity contribution in [2.75, 3.05) is 12.3 Å². The molecule has 2 heterocycles. The van der Waals surface area contributed by atoms with Gasteiger partial charge in [-0.25, -0.2) is 4.98 Å². The zero-order chi connectivity index (χ0) is 9.97. The second-order valence-corrected chi connectivity index (χ2v) is 4.01. The molecule has 0 aromatic carbocycles. The standard InChI is InChI=1S/C10H14ClN3/c11-10-8(12)5-7(6-14-10)9-3-1-2-4-13-9/h5-6,9,13H,1-4,12H2. The van der Waals surface area contributed by atoms with E-state index in [2.05, 4.69) is 10.3 Å². The van der Waals surface area contributed by atoms with Crippen LogP contribution in [0.1, 0.15) is 30.9 Å². The van der Waals surface area contributed by atoms with Crippen LogP contribution >= 0.6 is 11.6 Å². The Bertz CT molecular complexity index is 321. The maximum atomic E-state index is 5.76. The van der Waals surface area contributed by atoms with E-state index < -0.39 is 0 Å². The van der Waals surface area contributed by atoms with Gasteiger partial charge in [-0.15, -0.1) is 0 Å². The van der Waals surface area contributed by atoms with Crippen molar-refractivity contribution in [3.05, 3.63) is 23.0 Å². The van der Waals surface area contributed by atoms with Crippen molar-refractivity contribution in [2.24, 2.45) is 0 Å². The molecule has 1 saturated heterocycles. The van der Waals surface area contributed by atoms with Crippen LogP contribution in [0, 0.1) is 0 Å². The first-order valence-corrected chi connectivity index (χ1v) is 5.29. The Kier molecular flexibility index (Phi) is 2.89. The molecule has 1 atom stereocenters. The number of nitrogens with zero attached hydrogens (tertiary/aromatic N) is 1. The van der Waals surface area contributed by atoms with E-state index >= 15 is 0 Å². The molecule has 0 bridgehead atoms. The van der Waals surface area contributed by atoms with Gasteiger partial charge in [0.05, 0.1) is 5.69 Å². The molecule has 1 aliphatic heterocycles. The van der Waals surface area contributed by atoms with Gasteiger partial charge in [0, 0.05) is 12.2 Å². The fraction of sp³-hybridized carbons (Fsp3) is 0.500. The minimum absolute atomic E-state index is 0.393. The van der Waals surface area contributed by atoms with E-state index in [0.717, 1.165) is 18.5 Å². The van der Waals surface area contributed by atoms with Crippen LogP contribution in [0.15, 0.2) is 12.3 Å².